The second-order valence-electron chi connectivity index (χ2n) is 8.28. The summed E-state index contributed by atoms with van der Waals surface area (Å²) in [6.07, 6.45) is 2.28. The van der Waals surface area contributed by atoms with Gasteiger partial charge in [0.05, 0.1) is 19.3 Å². The maximum atomic E-state index is 14.1. The summed E-state index contributed by atoms with van der Waals surface area (Å²) in [4.78, 5) is 11.7. The van der Waals surface area contributed by atoms with Gasteiger partial charge in [-0.25, -0.2) is 4.39 Å². The van der Waals surface area contributed by atoms with E-state index in [4.69, 9.17) is 30.5 Å². The van der Waals surface area contributed by atoms with Crippen molar-refractivity contribution in [3.63, 3.8) is 0 Å². The molecule has 1 atom stereocenters. The van der Waals surface area contributed by atoms with E-state index in [9.17, 15) is 9.18 Å². The van der Waals surface area contributed by atoms with E-state index in [0.29, 0.717) is 49.0 Å². The second kappa shape index (κ2) is 13.7. The van der Waals surface area contributed by atoms with E-state index in [1.807, 2.05) is 25.1 Å². The Morgan fingerprint density at radius 2 is 1.78 bits per heavy atom. The molecule has 0 amide bonds. The monoisotopic (exact) mass is 514 g/mol. The van der Waals surface area contributed by atoms with Crippen LogP contribution in [0.4, 0.5) is 4.39 Å². The molecule has 5 nitrogen and oxygen atoms in total. The van der Waals surface area contributed by atoms with Crippen molar-refractivity contribution in [2.24, 2.45) is 0 Å². The molecule has 7 heteroatoms. The molecule has 0 aliphatic rings. The summed E-state index contributed by atoms with van der Waals surface area (Å²) >= 11 is 6.12. The summed E-state index contributed by atoms with van der Waals surface area (Å²) in [6, 6.07) is 17.1. The third-order valence-electron chi connectivity index (χ3n) is 5.55. The number of ether oxygens (including phenoxy) is 4. The van der Waals surface area contributed by atoms with Crippen molar-refractivity contribution in [2.75, 3.05) is 13.2 Å². The minimum atomic E-state index is -0.469. The van der Waals surface area contributed by atoms with Crippen LogP contribution in [0.1, 0.15) is 44.7 Å². The van der Waals surface area contributed by atoms with Gasteiger partial charge in [-0.05, 0) is 74.2 Å². The fraction of sp³-hybridized carbons (Fsp3) is 0.345. The van der Waals surface area contributed by atoms with E-state index in [0.717, 1.165) is 23.3 Å². The molecule has 0 saturated heterocycles. The van der Waals surface area contributed by atoms with Gasteiger partial charge in [-0.1, -0.05) is 36.7 Å². The lowest BCUT2D eigenvalue weighted by atomic mass is 10.0. The Hall–Kier alpha value is -3.25. The molecule has 36 heavy (non-hydrogen) atoms. The number of carbonyl (C=O) groups excluding carboxylic acids is 1. The van der Waals surface area contributed by atoms with E-state index in [1.165, 1.54) is 6.07 Å². The topological polar surface area (TPSA) is 54.0 Å². The lowest BCUT2D eigenvalue weighted by Gasteiger charge is -2.18. The van der Waals surface area contributed by atoms with Gasteiger partial charge in [0, 0.05) is 23.9 Å². The van der Waals surface area contributed by atoms with E-state index in [-0.39, 0.29) is 17.8 Å². The van der Waals surface area contributed by atoms with Gasteiger partial charge in [0.25, 0.3) is 0 Å². The molecule has 0 aliphatic heterocycles. The van der Waals surface area contributed by atoms with Crippen LogP contribution in [0.15, 0.2) is 60.7 Å². The first-order valence-corrected chi connectivity index (χ1v) is 12.6. The van der Waals surface area contributed by atoms with Gasteiger partial charge >= 0.3 is 5.97 Å². The Balaban J connectivity index is 1.55. The smallest absolute Gasteiger partial charge is 0.306 e. The predicted octanol–water partition coefficient (Wildman–Crippen LogP) is 7.57. The number of esters is 1. The van der Waals surface area contributed by atoms with E-state index in [1.54, 1.807) is 43.3 Å². The second-order valence-corrected chi connectivity index (χ2v) is 8.71. The Morgan fingerprint density at radius 1 is 0.972 bits per heavy atom. The Bertz CT molecular complexity index is 1150. The Morgan fingerprint density at radius 3 is 2.53 bits per heavy atom. The highest BCUT2D eigenvalue weighted by atomic mass is 35.5. The van der Waals surface area contributed by atoms with Gasteiger partial charge < -0.3 is 18.9 Å². The molecule has 0 heterocycles. The van der Waals surface area contributed by atoms with Crippen molar-refractivity contribution in [1.82, 2.24) is 0 Å². The first-order chi connectivity index (χ1) is 17.4. The third kappa shape index (κ3) is 8.16. The van der Waals surface area contributed by atoms with E-state index < -0.39 is 5.82 Å². The summed E-state index contributed by atoms with van der Waals surface area (Å²) in [5.74, 6) is 1.02. The van der Waals surface area contributed by atoms with Gasteiger partial charge in [-0.15, -0.1) is 0 Å². The molecule has 3 aromatic carbocycles. The van der Waals surface area contributed by atoms with Crippen LogP contribution in [0.25, 0.3) is 0 Å². The molecule has 0 N–H and O–H groups in total. The zero-order chi connectivity index (χ0) is 25.9. The van der Waals surface area contributed by atoms with Crippen molar-refractivity contribution in [1.29, 1.82) is 0 Å². The number of carbonyl (C=O) groups is 1. The molecular weight excluding hydrogens is 483 g/mol. The summed E-state index contributed by atoms with van der Waals surface area (Å²) in [5, 5.41) is 0.460. The van der Waals surface area contributed by atoms with Gasteiger partial charge in [0.15, 0.2) is 23.1 Å². The summed E-state index contributed by atoms with van der Waals surface area (Å²) in [6.45, 7) is 6.66. The third-order valence-corrected chi connectivity index (χ3v) is 5.78. The summed E-state index contributed by atoms with van der Waals surface area (Å²) < 4.78 is 36.8. The number of hydrogen-bond donors (Lipinski definition) is 0. The molecule has 0 fully saturated rings. The van der Waals surface area contributed by atoms with Crippen molar-refractivity contribution >= 4 is 17.6 Å². The molecule has 0 aromatic heterocycles. The van der Waals surface area contributed by atoms with E-state index >= 15 is 0 Å². The molecule has 0 bridgehead atoms. The molecule has 0 aliphatic carbocycles. The normalized spacial score (nSPS) is 11.6. The minimum Gasteiger partial charge on any atom is -0.493 e. The molecule has 192 valence electrons. The van der Waals surface area contributed by atoms with Gasteiger partial charge in [0.1, 0.15) is 5.75 Å². The number of para-hydroxylation sites is 1. The number of rotatable bonds is 13. The molecule has 0 unspecified atom stereocenters. The van der Waals surface area contributed by atoms with Crippen LogP contribution in [-0.4, -0.2) is 25.3 Å². The van der Waals surface area contributed by atoms with Gasteiger partial charge in [-0.3, -0.25) is 4.79 Å². The van der Waals surface area contributed by atoms with Crippen LogP contribution in [0, 0.1) is 5.82 Å². The first kappa shape index (κ1) is 27.3. The SMILES string of the molecule is CCOC(=O)CCc1ccc(OCC[C@H](C)Oc2ccc(Cl)cc2Oc2ccccc2F)cc1CC. The maximum Gasteiger partial charge on any atom is 0.306 e. The highest BCUT2D eigenvalue weighted by Crippen LogP contribution is 2.35. The van der Waals surface area contributed by atoms with Crippen LogP contribution < -0.4 is 14.2 Å². The maximum absolute atomic E-state index is 14.1. The number of halogens is 2. The fourth-order valence-electron chi connectivity index (χ4n) is 3.66. The van der Waals surface area contributed by atoms with Crippen LogP contribution >= 0.6 is 11.6 Å². The van der Waals surface area contributed by atoms with Crippen LogP contribution in [-0.2, 0) is 22.4 Å². The standard InChI is InChI=1S/C29H32ClFO5/c1-4-21-18-24(13-10-22(21)11-15-29(32)33-5-2)34-17-16-20(3)35-27-14-12-23(30)19-28(27)36-26-9-7-6-8-25(26)31/h6-10,12-14,18-20H,4-5,11,15-17H2,1-3H3/t20-/m0/s1. The minimum absolute atomic E-state index is 0.0954. The van der Waals surface area contributed by atoms with Crippen molar-refractivity contribution < 1.29 is 28.1 Å². The Kier molecular flexibility index (Phi) is 10.4. The number of benzene rings is 3. The molecule has 0 radical (unpaired) electrons. The average Bonchev–Trinajstić information content (AvgIpc) is 2.86. The predicted molar refractivity (Wildman–Crippen MR) is 139 cm³/mol. The zero-order valence-electron chi connectivity index (χ0n) is 20.9. The van der Waals surface area contributed by atoms with Gasteiger partial charge in [-0.2, -0.15) is 0 Å². The average molecular weight is 515 g/mol. The van der Waals surface area contributed by atoms with E-state index in [2.05, 4.69) is 6.92 Å². The quantitative estimate of drug-likeness (QED) is 0.220. The van der Waals surface area contributed by atoms with Crippen LogP contribution in [0.2, 0.25) is 5.02 Å². The zero-order valence-corrected chi connectivity index (χ0v) is 21.6. The highest BCUT2D eigenvalue weighted by molar-refractivity contribution is 6.30. The van der Waals surface area contributed by atoms with Gasteiger partial charge in [0.2, 0.25) is 0 Å². The van der Waals surface area contributed by atoms with Crippen molar-refractivity contribution in [3.05, 3.63) is 82.6 Å². The summed E-state index contributed by atoms with van der Waals surface area (Å²) in [5.41, 5.74) is 2.27. The molecule has 0 saturated carbocycles. The van der Waals surface area contributed by atoms with Crippen molar-refractivity contribution in [3.8, 4) is 23.0 Å². The lowest BCUT2D eigenvalue weighted by Crippen LogP contribution is -2.16. The highest BCUT2D eigenvalue weighted by Gasteiger charge is 2.14. The first-order valence-electron chi connectivity index (χ1n) is 12.2. The molecule has 3 rings (SSSR count). The number of hydrogen-bond acceptors (Lipinski definition) is 5. The fourth-order valence-corrected chi connectivity index (χ4v) is 3.82. The lowest BCUT2D eigenvalue weighted by molar-refractivity contribution is -0.143. The molecule has 0 spiro atoms. The molecule has 3 aromatic rings. The Labute approximate surface area is 217 Å². The number of aryl methyl sites for hydroxylation is 2. The molecular formula is C29H32ClFO5. The van der Waals surface area contributed by atoms with Crippen LogP contribution in [0.5, 0.6) is 23.0 Å². The van der Waals surface area contributed by atoms with Crippen LogP contribution in [0.3, 0.4) is 0 Å². The largest absolute Gasteiger partial charge is 0.493 e. The van der Waals surface area contributed by atoms with Crippen molar-refractivity contribution in [2.45, 2.75) is 52.6 Å². The summed E-state index contributed by atoms with van der Waals surface area (Å²) in [7, 11) is 0.